The van der Waals surface area contributed by atoms with Gasteiger partial charge in [0.25, 0.3) is 5.91 Å². The highest BCUT2D eigenvalue weighted by molar-refractivity contribution is 6.27. The zero-order chi connectivity index (χ0) is 12.0. The average molecular weight is 265 g/mol. The maximum absolute atomic E-state index is 12.2. The molecule has 0 aromatic carbocycles. The van der Waals surface area contributed by atoms with Crippen LogP contribution < -0.4 is 0 Å². The van der Waals surface area contributed by atoms with E-state index in [1.54, 1.807) is 4.42 Å². The van der Waals surface area contributed by atoms with E-state index in [9.17, 15) is 4.79 Å². The minimum absolute atomic E-state index is 0.0615. The van der Waals surface area contributed by atoms with Crippen molar-refractivity contribution in [3.05, 3.63) is 0 Å². The molecule has 1 spiro atoms. The first kappa shape index (κ1) is 12.5. The molecular weight excluding hydrogens is 247 g/mol. The minimum Gasteiger partial charge on any atom is -0.271 e. The molecule has 0 radical (unpaired) electrons. The van der Waals surface area contributed by atoms with Crippen molar-refractivity contribution < 1.29 is 4.79 Å². The van der Waals surface area contributed by atoms with Crippen molar-refractivity contribution in [3.8, 4) is 0 Å². The van der Waals surface area contributed by atoms with E-state index in [0.717, 1.165) is 25.7 Å². The molecule has 0 aromatic rings. The molecule has 1 aliphatic carbocycles. The molecule has 92 valence electrons. The predicted octanol–water partition coefficient (Wildman–Crippen LogP) is 3.27. The predicted molar refractivity (Wildman–Crippen MR) is 64.9 cm³/mol. The van der Waals surface area contributed by atoms with Crippen LogP contribution in [0.1, 0.15) is 52.4 Å². The molecule has 0 aromatic heterocycles. The Hall–Kier alpha value is 0.01000. The lowest BCUT2D eigenvalue weighted by atomic mass is 9.89. The van der Waals surface area contributed by atoms with Gasteiger partial charge in [-0.2, -0.15) is 4.42 Å². The minimum atomic E-state index is -0.652. The number of hydrogen-bond acceptors (Lipinski definition) is 2. The summed E-state index contributed by atoms with van der Waals surface area (Å²) in [5.74, 6) is -0.0615. The molecule has 2 fully saturated rings. The van der Waals surface area contributed by atoms with Crippen LogP contribution in [-0.2, 0) is 4.79 Å². The molecule has 1 atom stereocenters. The van der Waals surface area contributed by atoms with Gasteiger partial charge in [0.15, 0.2) is 0 Å². The summed E-state index contributed by atoms with van der Waals surface area (Å²) in [6.45, 7) is 3.85. The van der Waals surface area contributed by atoms with Crippen molar-refractivity contribution in [2.75, 3.05) is 0 Å². The third-order valence-electron chi connectivity index (χ3n) is 4.15. The van der Waals surface area contributed by atoms with E-state index in [4.69, 9.17) is 23.6 Å². The molecule has 5 heteroatoms. The number of nitrogens with zero attached hydrogens (tertiary/aromatic N) is 2. The summed E-state index contributed by atoms with van der Waals surface area (Å²) >= 11 is 12.6. The first-order valence-corrected chi connectivity index (χ1v) is 6.63. The Labute approximate surface area is 107 Å². The fourth-order valence-electron chi connectivity index (χ4n) is 2.82. The van der Waals surface area contributed by atoms with E-state index in [1.807, 2.05) is 13.8 Å². The van der Waals surface area contributed by atoms with Crippen LogP contribution in [-0.4, -0.2) is 25.9 Å². The third-order valence-corrected chi connectivity index (χ3v) is 5.30. The Morgan fingerprint density at radius 1 is 1.25 bits per heavy atom. The standard InChI is InChI=1S/C11H18Cl2N2O/c1-3-10(2)9(16)14(12)11(15(10)13)7-5-4-6-8-11/h3-8H2,1-2H3. The lowest BCUT2D eigenvalue weighted by Crippen LogP contribution is -2.51. The molecule has 16 heavy (non-hydrogen) atoms. The summed E-state index contributed by atoms with van der Waals surface area (Å²) in [6.07, 6.45) is 5.80. The van der Waals surface area contributed by atoms with Gasteiger partial charge in [0.05, 0.1) is 0 Å². The maximum atomic E-state index is 12.2. The summed E-state index contributed by atoms with van der Waals surface area (Å²) < 4.78 is 3.05. The van der Waals surface area contributed by atoms with Crippen molar-refractivity contribution in [1.82, 2.24) is 8.84 Å². The van der Waals surface area contributed by atoms with Gasteiger partial charge in [-0.3, -0.25) is 4.79 Å². The van der Waals surface area contributed by atoms with Crippen LogP contribution in [0.2, 0.25) is 0 Å². The first-order valence-electron chi connectivity index (χ1n) is 5.95. The zero-order valence-electron chi connectivity index (χ0n) is 9.80. The second kappa shape index (κ2) is 4.04. The van der Waals surface area contributed by atoms with Crippen LogP contribution >= 0.6 is 23.6 Å². The van der Waals surface area contributed by atoms with Crippen molar-refractivity contribution in [2.45, 2.75) is 63.6 Å². The fourth-order valence-corrected chi connectivity index (χ4v) is 3.72. The van der Waals surface area contributed by atoms with E-state index in [-0.39, 0.29) is 5.91 Å². The SMILES string of the molecule is CCC1(C)C(=O)N(Cl)C2(CCCCC2)N1Cl. The van der Waals surface area contributed by atoms with E-state index in [0.29, 0.717) is 6.42 Å². The normalized spacial score (nSPS) is 35.0. The zero-order valence-corrected chi connectivity index (χ0v) is 11.3. The van der Waals surface area contributed by atoms with Gasteiger partial charge in [-0.1, -0.05) is 13.3 Å². The molecule has 1 aliphatic heterocycles. The maximum Gasteiger partial charge on any atom is 0.260 e. The summed E-state index contributed by atoms with van der Waals surface area (Å²) in [4.78, 5) is 12.2. The number of rotatable bonds is 1. The molecule has 1 heterocycles. The highest BCUT2D eigenvalue weighted by atomic mass is 35.5. The highest BCUT2D eigenvalue weighted by Gasteiger charge is 2.62. The number of carbonyl (C=O) groups is 1. The topological polar surface area (TPSA) is 23.6 Å². The monoisotopic (exact) mass is 264 g/mol. The molecule has 2 aliphatic rings. The van der Waals surface area contributed by atoms with Gasteiger partial charge in [-0.05, 0) is 50.8 Å². The molecule has 2 rings (SSSR count). The van der Waals surface area contributed by atoms with Crippen molar-refractivity contribution >= 4 is 29.5 Å². The molecule has 3 nitrogen and oxygen atoms in total. The van der Waals surface area contributed by atoms with Gasteiger partial charge in [-0.25, -0.2) is 4.42 Å². The summed E-state index contributed by atoms with van der Waals surface area (Å²) in [5, 5.41) is 0. The fraction of sp³-hybridized carbons (Fsp3) is 0.909. The van der Waals surface area contributed by atoms with Crippen LogP contribution in [0, 0.1) is 0 Å². The van der Waals surface area contributed by atoms with E-state index >= 15 is 0 Å². The molecule has 1 amide bonds. The van der Waals surface area contributed by atoms with Crippen LogP contribution in [0.4, 0.5) is 0 Å². The van der Waals surface area contributed by atoms with Gasteiger partial charge in [0, 0.05) is 11.8 Å². The Morgan fingerprint density at radius 2 is 1.81 bits per heavy atom. The molecule has 0 bridgehead atoms. The number of hydrogen-bond donors (Lipinski definition) is 0. The van der Waals surface area contributed by atoms with Crippen LogP contribution in [0.25, 0.3) is 0 Å². The second-order valence-corrected chi connectivity index (χ2v) is 5.71. The molecule has 1 saturated carbocycles. The third kappa shape index (κ3) is 1.41. The Kier molecular flexibility index (Phi) is 3.15. The van der Waals surface area contributed by atoms with E-state index < -0.39 is 11.2 Å². The van der Waals surface area contributed by atoms with Gasteiger partial charge in [-0.15, -0.1) is 0 Å². The molecule has 1 unspecified atom stereocenters. The Morgan fingerprint density at radius 3 is 2.25 bits per heavy atom. The van der Waals surface area contributed by atoms with Gasteiger partial charge < -0.3 is 0 Å². The Bertz CT molecular complexity index is 304. The average Bonchev–Trinajstić information content (AvgIpc) is 2.46. The number of halogens is 2. The van der Waals surface area contributed by atoms with E-state index in [1.165, 1.54) is 10.8 Å². The summed E-state index contributed by atoms with van der Waals surface area (Å²) in [7, 11) is 0. The van der Waals surface area contributed by atoms with Crippen molar-refractivity contribution in [3.63, 3.8) is 0 Å². The van der Waals surface area contributed by atoms with Crippen LogP contribution in [0.5, 0.6) is 0 Å². The van der Waals surface area contributed by atoms with Gasteiger partial charge >= 0.3 is 0 Å². The van der Waals surface area contributed by atoms with Crippen molar-refractivity contribution in [2.24, 2.45) is 0 Å². The van der Waals surface area contributed by atoms with Crippen LogP contribution in [0.3, 0.4) is 0 Å². The second-order valence-electron chi connectivity index (χ2n) is 5.04. The molecular formula is C11H18Cl2N2O. The lowest BCUT2D eigenvalue weighted by molar-refractivity contribution is -0.130. The number of carbonyl (C=O) groups excluding carboxylic acids is 1. The summed E-state index contributed by atoms with van der Waals surface area (Å²) in [6, 6.07) is 0. The van der Waals surface area contributed by atoms with Gasteiger partial charge in [0.1, 0.15) is 11.2 Å². The smallest absolute Gasteiger partial charge is 0.260 e. The largest absolute Gasteiger partial charge is 0.271 e. The quantitative estimate of drug-likeness (QED) is 0.679. The lowest BCUT2D eigenvalue weighted by Gasteiger charge is -2.42. The van der Waals surface area contributed by atoms with Crippen molar-refractivity contribution in [1.29, 1.82) is 0 Å². The summed E-state index contributed by atoms with van der Waals surface area (Å²) in [5.41, 5.74) is -1.11. The first-order chi connectivity index (χ1) is 7.49. The Balaban J connectivity index is 2.37. The molecule has 1 saturated heterocycles. The van der Waals surface area contributed by atoms with E-state index in [2.05, 4.69) is 0 Å². The number of amides is 1. The highest BCUT2D eigenvalue weighted by Crippen LogP contribution is 2.50. The van der Waals surface area contributed by atoms with Gasteiger partial charge in [0.2, 0.25) is 0 Å². The molecule has 0 N–H and O–H groups in total. The van der Waals surface area contributed by atoms with Crippen LogP contribution in [0.15, 0.2) is 0 Å².